The van der Waals surface area contributed by atoms with E-state index in [2.05, 4.69) is 5.32 Å². The van der Waals surface area contributed by atoms with E-state index >= 15 is 0 Å². The third-order valence-corrected chi connectivity index (χ3v) is 3.43. The Hall–Kier alpha value is -1.71. The van der Waals surface area contributed by atoms with Crippen molar-refractivity contribution in [2.75, 3.05) is 11.5 Å². The van der Waals surface area contributed by atoms with Gasteiger partial charge in [-0.05, 0) is 12.1 Å². The number of anilines is 1. The Kier molecular flexibility index (Phi) is 4.76. The van der Waals surface area contributed by atoms with Crippen LogP contribution < -0.4 is 10.2 Å². The van der Waals surface area contributed by atoms with Crippen LogP contribution in [0.4, 0.5) is 10.5 Å². The van der Waals surface area contributed by atoms with Crippen molar-refractivity contribution < 1.29 is 30.3 Å². The standard InChI is InChI=1S/C13H18N2O6/c16-6-8(17)10(18)11(19)9-12(20)15(13(21)14-9)7-4-2-1-3-5-7/h1-5,8-12,16-20H,6H2,(H,14,21)/t8-,9+,10-,11-,12+/m1/s1. The van der Waals surface area contributed by atoms with Crippen LogP contribution >= 0.6 is 0 Å². The lowest BCUT2D eigenvalue weighted by Gasteiger charge is -2.28. The molecule has 0 aliphatic carbocycles. The number of carbonyl (C=O) groups is 1. The summed E-state index contributed by atoms with van der Waals surface area (Å²) in [6, 6.07) is 6.50. The molecule has 0 radical (unpaired) electrons. The molecule has 0 aromatic heterocycles. The molecule has 0 spiro atoms. The number of benzene rings is 1. The zero-order valence-electron chi connectivity index (χ0n) is 11.1. The summed E-state index contributed by atoms with van der Waals surface area (Å²) in [6.45, 7) is -0.753. The van der Waals surface area contributed by atoms with Crippen LogP contribution in [0.15, 0.2) is 30.3 Å². The summed E-state index contributed by atoms with van der Waals surface area (Å²) in [6.07, 6.45) is -6.34. The largest absolute Gasteiger partial charge is 0.394 e. The van der Waals surface area contributed by atoms with Crippen LogP contribution in [0.25, 0.3) is 0 Å². The molecule has 8 nitrogen and oxygen atoms in total. The molecule has 1 aromatic carbocycles. The molecule has 1 fully saturated rings. The fourth-order valence-electron chi connectivity index (χ4n) is 2.24. The first kappa shape index (κ1) is 15.7. The second kappa shape index (κ2) is 6.37. The van der Waals surface area contributed by atoms with E-state index in [1.165, 1.54) is 0 Å². The van der Waals surface area contributed by atoms with E-state index in [-0.39, 0.29) is 0 Å². The van der Waals surface area contributed by atoms with Crippen molar-refractivity contribution in [3.05, 3.63) is 30.3 Å². The van der Waals surface area contributed by atoms with E-state index in [9.17, 15) is 25.2 Å². The highest BCUT2D eigenvalue weighted by atomic mass is 16.4. The number of nitrogens with zero attached hydrogens (tertiary/aromatic N) is 1. The van der Waals surface area contributed by atoms with Crippen LogP contribution in [0.5, 0.6) is 0 Å². The summed E-state index contributed by atoms with van der Waals surface area (Å²) >= 11 is 0. The minimum atomic E-state index is -1.70. The monoisotopic (exact) mass is 298 g/mol. The van der Waals surface area contributed by atoms with Gasteiger partial charge in [0.1, 0.15) is 24.4 Å². The van der Waals surface area contributed by atoms with E-state index in [0.717, 1.165) is 4.90 Å². The first-order valence-corrected chi connectivity index (χ1v) is 6.45. The Balaban J connectivity index is 2.16. The second-order valence-electron chi connectivity index (χ2n) is 4.83. The Morgan fingerprint density at radius 1 is 1.19 bits per heavy atom. The van der Waals surface area contributed by atoms with Crippen molar-refractivity contribution in [2.24, 2.45) is 0 Å². The molecule has 2 amide bonds. The van der Waals surface area contributed by atoms with Crippen LogP contribution in [-0.2, 0) is 0 Å². The predicted molar refractivity (Wildman–Crippen MR) is 72.4 cm³/mol. The number of amides is 2. The average Bonchev–Trinajstić information content (AvgIpc) is 2.80. The number of hydrogen-bond acceptors (Lipinski definition) is 6. The molecule has 1 aliphatic heterocycles. The third kappa shape index (κ3) is 2.99. The van der Waals surface area contributed by atoms with Gasteiger partial charge in [0.25, 0.3) is 0 Å². The number of aliphatic hydroxyl groups excluding tert-OH is 5. The molecule has 8 heteroatoms. The maximum Gasteiger partial charge on any atom is 0.324 e. The smallest absolute Gasteiger partial charge is 0.324 e. The van der Waals surface area contributed by atoms with Gasteiger partial charge in [0.15, 0.2) is 6.23 Å². The number of aliphatic hydroxyl groups is 5. The minimum Gasteiger partial charge on any atom is -0.394 e. The van der Waals surface area contributed by atoms with Gasteiger partial charge in [-0.25, -0.2) is 4.79 Å². The Morgan fingerprint density at radius 3 is 2.38 bits per heavy atom. The summed E-state index contributed by atoms with van der Waals surface area (Å²) in [7, 11) is 0. The first-order valence-electron chi connectivity index (χ1n) is 6.45. The van der Waals surface area contributed by atoms with Gasteiger partial charge in [0, 0.05) is 5.69 Å². The molecule has 0 saturated carbocycles. The molecule has 0 unspecified atom stereocenters. The number of nitrogens with one attached hydrogen (secondary N) is 1. The van der Waals surface area contributed by atoms with Crippen molar-refractivity contribution >= 4 is 11.7 Å². The van der Waals surface area contributed by atoms with Crippen molar-refractivity contribution in [3.8, 4) is 0 Å². The Morgan fingerprint density at radius 2 is 1.81 bits per heavy atom. The molecule has 1 aliphatic rings. The molecule has 116 valence electrons. The lowest BCUT2D eigenvalue weighted by molar-refractivity contribution is -0.0947. The highest BCUT2D eigenvalue weighted by Crippen LogP contribution is 2.24. The molecule has 1 heterocycles. The van der Waals surface area contributed by atoms with Crippen molar-refractivity contribution in [1.29, 1.82) is 0 Å². The minimum absolute atomic E-state index is 0.425. The number of rotatable bonds is 5. The van der Waals surface area contributed by atoms with E-state index in [4.69, 9.17) is 5.11 Å². The fourth-order valence-corrected chi connectivity index (χ4v) is 2.24. The zero-order valence-corrected chi connectivity index (χ0v) is 11.1. The number of carbonyl (C=O) groups excluding carboxylic acids is 1. The predicted octanol–water partition coefficient (Wildman–Crippen LogP) is -2.02. The Labute approximate surface area is 120 Å². The van der Waals surface area contributed by atoms with Crippen LogP contribution in [0, 0.1) is 0 Å². The highest BCUT2D eigenvalue weighted by Gasteiger charge is 2.45. The quantitative estimate of drug-likeness (QED) is 0.372. The summed E-state index contributed by atoms with van der Waals surface area (Å²) in [4.78, 5) is 12.9. The van der Waals surface area contributed by atoms with Crippen molar-refractivity contribution in [2.45, 2.75) is 30.6 Å². The van der Waals surface area contributed by atoms with E-state index in [0.29, 0.717) is 5.69 Å². The zero-order chi connectivity index (χ0) is 15.6. The van der Waals surface area contributed by atoms with Gasteiger partial charge in [-0.1, -0.05) is 18.2 Å². The summed E-state index contributed by atoms with van der Waals surface area (Å²) < 4.78 is 0. The van der Waals surface area contributed by atoms with Gasteiger partial charge < -0.3 is 30.8 Å². The van der Waals surface area contributed by atoms with Crippen molar-refractivity contribution in [1.82, 2.24) is 5.32 Å². The third-order valence-electron chi connectivity index (χ3n) is 3.43. The molecule has 5 atom stereocenters. The fraction of sp³-hybridized carbons (Fsp3) is 0.462. The molecule has 6 N–H and O–H groups in total. The first-order chi connectivity index (χ1) is 9.97. The van der Waals surface area contributed by atoms with Crippen molar-refractivity contribution in [3.63, 3.8) is 0 Å². The highest BCUT2D eigenvalue weighted by molar-refractivity contribution is 5.95. The van der Waals surface area contributed by atoms with Gasteiger partial charge in [0.05, 0.1) is 6.61 Å². The Bertz CT molecular complexity index is 485. The molecular weight excluding hydrogens is 280 g/mol. The van der Waals surface area contributed by atoms with E-state index in [1.54, 1.807) is 30.3 Å². The van der Waals surface area contributed by atoms with Crippen LogP contribution in [-0.4, -0.2) is 68.8 Å². The maximum absolute atomic E-state index is 11.9. The van der Waals surface area contributed by atoms with Crippen LogP contribution in [0.1, 0.15) is 0 Å². The molecule has 21 heavy (non-hydrogen) atoms. The molecule has 1 aromatic rings. The summed E-state index contributed by atoms with van der Waals surface area (Å²) in [5.74, 6) is 0. The normalized spacial score (nSPS) is 26.3. The van der Waals surface area contributed by atoms with Gasteiger partial charge in [-0.2, -0.15) is 0 Å². The number of urea groups is 1. The van der Waals surface area contributed by atoms with Crippen LogP contribution in [0.3, 0.4) is 0 Å². The summed E-state index contributed by atoms with van der Waals surface area (Å²) in [5, 5.41) is 50.2. The van der Waals surface area contributed by atoms with Crippen LogP contribution in [0.2, 0.25) is 0 Å². The lowest BCUT2D eigenvalue weighted by Crippen LogP contribution is -2.53. The maximum atomic E-state index is 11.9. The lowest BCUT2D eigenvalue weighted by atomic mass is 10.0. The molecule has 2 rings (SSSR count). The van der Waals surface area contributed by atoms with Gasteiger partial charge in [-0.15, -0.1) is 0 Å². The summed E-state index contributed by atoms with van der Waals surface area (Å²) in [5.41, 5.74) is 0.425. The average molecular weight is 298 g/mol. The SMILES string of the molecule is O=C1N[C@@H]([C@@H](O)[C@H](O)[C@H](O)CO)[C@H](O)N1c1ccccc1. The topological polar surface area (TPSA) is 133 Å². The molecule has 0 bridgehead atoms. The second-order valence-corrected chi connectivity index (χ2v) is 4.83. The molecule has 1 saturated heterocycles. The van der Waals surface area contributed by atoms with E-state index < -0.39 is 43.2 Å². The van der Waals surface area contributed by atoms with E-state index in [1.807, 2.05) is 0 Å². The number of hydrogen-bond donors (Lipinski definition) is 6. The van der Waals surface area contributed by atoms with Gasteiger partial charge >= 0.3 is 6.03 Å². The van der Waals surface area contributed by atoms with Gasteiger partial charge in [0.2, 0.25) is 0 Å². The molecular formula is C13H18N2O6. The number of para-hydroxylation sites is 1. The van der Waals surface area contributed by atoms with Gasteiger partial charge in [-0.3, -0.25) is 4.90 Å².